The van der Waals surface area contributed by atoms with Crippen molar-refractivity contribution in [2.24, 2.45) is 0 Å². The van der Waals surface area contributed by atoms with Gasteiger partial charge in [-0.2, -0.15) is 5.10 Å². The Hall–Kier alpha value is -4.95. The first-order valence-corrected chi connectivity index (χ1v) is 18.0. The van der Waals surface area contributed by atoms with E-state index in [1.807, 2.05) is 22.9 Å². The number of carbonyl (C=O) groups is 2. The van der Waals surface area contributed by atoms with Crippen LogP contribution in [0.1, 0.15) is 60.0 Å². The summed E-state index contributed by atoms with van der Waals surface area (Å²) in [4.78, 5) is 51.3. The number of rotatable bonds is 5. The number of anilines is 3. The second-order valence-corrected chi connectivity index (χ2v) is 14.4. The molecule has 5 aromatic rings. The van der Waals surface area contributed by atoms with Gasteiger partial charge in [-0.05, 0) is 68.4 Å². The third-order valence-corrected chi connectivity index (χ3v) is 11.5. The molecular weight excluding hydrogens is 653 g/mol. The van der Waals surface area contributed by atoms with Gasteiger partial charge in [0, 0.05) is 69.0 Å². The van der Waals surface area contributed by atoms with Crippen molar-refractivity contribution in [1.29, 1.82) is 0 Å². The fourth-order valence-corrected chi connectivity index (χ4v) is 8.66. The van der Waals surface area contributed by atoms with Crippen LogP contribution in [-0.2, 0) is 16.0 Å². The zero-order valence-electron chi connectivity index (χ0n) is 28.5. The fraction of sp³-hybridized carbons (Fsp3) is 0.417. The van der Waals surface area contributed by atoms with E-state index < -0.39 is 0 Å². The number of aromatic nitrogens is 6. The van der Waals surface area contributed by atoms with E-state index in [1.54, 1.807) is 19.3 Å². The number of piperidine rings is 1. The number of hydrogen-bond acceptors (Lipinski definition) is 11. The standard InChI is InChI=1S/C36H40N10O3S/c1-21-4-5-25-16-24(6-7-29(25)46(21)23(3)47)27-19-40-45(20-27)28-8-10-44(11-9-28)35(48)31-22(2)30-32(50-31)34(43-12-14-49-15-13-43)42-33(41-30)26-17-38-36(37)39-18-26/h6-7,16-21,28H,4-5,8-15H2,1-3H3,(H2,37,38,39)/t21-/m0/s1. The minimum absolute atomic E-state index is 0.0263. The largest absolute Gasteiger partial charge is 0.378 e. The van der Waals surface area contributed by atoms with E-state index >= 15 is 0 Å². The van der Waals surface area contributed by atoms with E-state index in [0.717, 1.165) is 64.1 Å². The molecule has 3 aliphatic rings. The Bertz CT molecular complexity index is 2080. The lowest BCUT2D eigenvalue weighted by Crippen LogP contribution is -2.40. The van der Waals surface area contributed by atoms with Gasteiger partial charge in [0.2, 0.25) is 11.9 Å². The summed E-state index contributed by atoms with van der Waals surface area (Å²) in [5.41, 5.74) is 12.4. The number of nitrogens with two attached hydrogens (primary N) is 1. The number of carbonyl (C=O) groups excluding carboxylic acids is 2. The minimum atomic E-state index is 0.0263. The van der Waals surface area contributed by atoms with Gasteiger partial charge < -0.3 is 25.2 Å². The summed E-state index contributed by atoms with van der Waals surface area (Å²) < 4.78 is 8.57. The van der Waals surface area contributed by atoms with Crippen LogP contribution in [-0.4, -0.2) is 91.9 Å². The van der Waals surface area contributed by atoms with Gasteiger partial charge >= 0.3 is 0 Å². The summed E-state index contributed by atoms with van der Waals surface area (Å²) in [5.74, 6) is 1.60. The molecular formula is C36H40N10O3S. The highest BCUT2D eigenvalue weighted by Crippen LogP contribution is 2.39. The number of thiophene rings is 1. The summed E-state index contributed by atoms with van der Waals surface area (Å²) in [6.45, 7) is 9.63. The quantitative estimate of drug-likeness (QED) is 0.270. The Kier molecular flexibility index (Phi) is 8.43. The number of morpholine rings is 1. The van der Waals surface area contributed by atoms with Crippen molar-refractivity contribution in [3.05, 3.63) is 59.0 Å². The van der Waals surface area contributed by atoms with Gasteiger partial charge in [-0.1, -0.05) is 6.07 Å². The van der Waals surface area contributed by atoms with Gasteiger partial charge in [-0.25, -0.2) is 19.9 Å². The molecule has 0 saturated carbocycles. The van der Waals surface area contributed by atoms with Crippen LogP contribution in [0.5, 0.6) is 0 Å². The average Bonchev–Trinajstić information content (AvgIpc) is 3.77. The van der Waals surface area contributed by atoms with Gasteiger partial charge in [0.05, 0.1) is 46.1 Å². The van der Waals surface area contributed by atoms with Crippen molar-refractivity contribution in [1.82, 2.24) is 34.6 Å². The maximum atomic E-state index is 14.1. The van der Waals surface area contributed by atoms with Crippen LogP contribution >= 0.6 is 11.3 Å². The number of amides is 2. The first kappa shape index (κ1) is 32.3. The zero-order valence-corrected chi connectivity index (χ0v) is 29.3. The Labute approximate surface area is 294 Å². The van der Waals surface area contributed by atoms with E-state index in [4.69, 9.17) is 25.5 Å². The van der Waals surface area contributed by atoms with Crippen molar-refractivity contribution >= 4 is 50.8 Å². The summed E-state index contributed by atoms with van der Waals surface area (Å²) in [7, 11) is 0. The summed E-state index contributed by atoms with van der Waals surface area (Å²) in [6.07, 6.45) is 10.8. The molecule has 2 amide bonds. The van der Waals surface area contributed by atoms with Gasteiger partial charge in [-0.15, -0.1) is 11.3 Å². The molecule has 13 nitrogen and oxygen atoms in total. The minimum Gasteiger partial charge on any atom is -0.378 e. The third-order valence-electron chi connectivity index (χ3n) is 10.2. The van der Waals surface area contributed by atoms with Crippen LogP contribution in [0.4, 0.5) is 17.5 Å². The van der Waals surface area contributed by atoms with E-state index in [2.05, 4.69) is 50.9 Å². The smallest absolute Gasteiger partial charge is 0.264 e. The summed E-state index contributed by atoms with van der Waals surface area (Å²) >= 11 is 1.47. The first-order valence-electron chi connectivity index (χ1n) is 17.2. The van der Waals surface area contributed by atoms with Crippen LogP contribution in [0.3, 0.4) is 0 Å². The maximum absolute atomic E-state index is 14.1. The molecule has 14 heteroatoms. The zero-order chi connectivity index (χ0) is 34.5. The molecule has 0 aliphatic carbocycles. The summed E-state index contributed by atoms with van der Waals surface area (Å²) in [5, 5.41) is 4.75. The van der Waals surface area contributed by atoms with E-state index in [0.29, 0.717) is 55.7 Å². The Morgan fingerprint density at radius 1 is 0.960 bits per heavy atom. The molecule has 0 unspecified atom stereocenters. The van der Waals surface area contributed by atoms with Crippen molar-refractivity contribution in [2.45, 2.75) is 58.5 Å². The molecule has 0 bridgehead atoms. The predicted octanol–water partition coefficient (Wildman–Crippen LogP) is 4.90. The fourth-order valence-electron chi connectivity index (χ4n) is 7.42. The number of likely N-dealkylation sites (tertiary alicyclic amines) is 1. The van der Waals surface area contributed by atoms with Crippen molar-refractivity contribution < 1.29 is 14.3 Å². The molecule has 0 spiro atoms. The van der Waals surface area contributed by atoms with E-state index in [9.17, 15) is 9.59 Å². The number of nitrogens with zero attached hydrogens (tertiary/aromatic N) is 9. The lowest BCUT2D eigenvalue weighted by Gasteiger charge is -2.34. The number of nitrogen functional groups attached to an aromatic ring is 1. The predicted molar refractivity (Wildman–Crippen MR) is 193 cm³/mol. The molecule has 0 radical (unpaired) electrons. The van der Waals surface area contributed by atoms with Crippen molar-refractivity contribution in [2.75, 3.05) is 54.9 Å². The monoisotopic (exact) mass is 692 g/mol. The molecule has 2 saturated heterocycles. The topological polar surface area (TPSA) is 148 Å². The van der Waals surface area contributed by atoms with Gasteiger partial charge in [0.25, 0.3) is 5.91 Å². The average molecular weight is 693 g/mol. The molecule has 2 N–H and O–H groups in total. The van der Waals surface area contributed by atoms with Crippen LogP contribution in [0.15, 0.2) is 43.0 Å². The normalized spacial score (nSPS) is 18.5. The van der Waals surface area contributed by atoms with Crippen LogP contribution < -0.4 is 15.5 Å². The van der Waals surface area contributed by atoms with Gasteiger partial charge in [0.1, 0.15) is 0 Å². The molecule has 2 fully saturated rings. The second-order valence-electron chi connectivity index (χ2n) is 13.4. The number of ether oxygens (including phenoxy) is 1. The molecule has 258 valence electrons. The highest BCUT2D eigenvalue weighted by Gasteiger charge is 2.31. The van der Waals surface area contributed by atoms with Crippen LogP contribution in [0.25, 0.3) is 32.7 Å². The molecule has 50 heavy (non-hydrogen) atoms. The Balaban J connectivity index is 1.00. The number of aryl methyl sites for hydroxylation is 2. The van der Waals surface area contributed by atoms with Gasteiger partial charge in [0.15, 0.2) is 11.6 Å². The van der Waals surface area contributed by atoms with Crippen molar-refractivity contribution in [3.63, 3.8) is 0 Å². The number of benzene rings is 1. The van der Waals surface area contributed by atoms with Crippen LogP contribution in [0.2, 0.25) is 0 Å². The molecule has 1 aromatic carbocycles. The maximum Gasteiger partial charge on any atom is 0.264 e. The van der Waals surface area contributed by atoms with E-state index in [1.165, 1.54) is 16.9 Å². The highest BCUT2D eigenvalue weighted by atomic mass is 32.1. The lowest BCUT2D eigenvalue weighted by molar-refractivity contribution is -0.117. The molecule has 1 atom stereocenters. The third kappa shape index (κ3) is 5.85. The van der Waals surface area contributed by atoms with Gasteiger partial charge in [-0.3, -0.25) is 14.3 Å². The second kappa shape index (κ2) is 13.1. The summed E-state index contributed by atoms with van der Waals surface area (Å²) in [6, 6.07) is 6.77. The van der Waals surface area contributed by atoms with Crippen LogP contribution in [0, 0.1) is 6.92 Å². The highest BCUT2D eigenvalue weighted by molar-refractivity contribution is 7.21. The Morgan fingerprint density at radius 3 is 2.46 bits per heavy atom. The number of fused-ring (bicyclic) bond motifs is 2. The first-order chi connectivity index (χ1) is 24.2. The Morgan fingerprint density at radius 2 is 1.72 bits per heavy atom. The molecule has 3 aliphatic heterocycles. The number of hydrogen-bond donors (Lipinski definition) is 1. The molecule has 4 aromatic heterocycles. The SMILES string of the molecule is CC(=O)N1c2ccc(-c3cnn(C4CCN(C(=O)c5sc6c(N7CCOCC7)nc(-c7cnc(N)nc7)nc6c5C)CC4)c3)cc2CC[C@@H]1C. The lowest BCUT2D eigenvalue weighted by atomic mass is 9.93. The molecule has 7 heterocycles. The van der Waals surface area contributed by atoms with E-state index in [-0.39, 0.29) is 29.8 Å². The van der Waals surface area contributed by atoms with Crippen molar-refractivity contribution in [3.8, 4) is 22.5 Å². The molecule has 8 rings (SSSR count).